The summed E-state index contributed by atoms with van der Waals surface area (Å²) in [6.07, 6.45) is 0.598. The number of carbonyl (C=O) groups is 2. The van der Waals surface area contributed by atoms with Crippen molar-refractivity contribution < 1.29 is 19.1 Å². The number of amides is 2. The van der Waals surface area contributed by atoms with Crippen LogP contribution in [0.2, 0.25) is 0 Å². The number of anilines is 1. The number of hydrogen-bond donors (Lipinski definition) is 1. The molecular weight excluding hydrogens is 344 g/mol. The van der Waals surface area contributed by atoms with E-state index in [1.54, 1.807) is 18.2 Å². The second-order valence-electron chi connectivity index (χ2n) is 6.84. The van der Waals surface area contributed by atoms with Crippen LogP contribution in [0.3, 0.4) is 0 Å². The average molecular weight is 366 g/mol. The van der Waals surface area contributed by atoms with E-state index in [9.17, 15) is 9.59 Å². The lowest BCUT2D eigenvalue weighted by Crippen LogP contribution is -2.33. The smallest absolute Gasteiger partial charge is 0.231 e. The summed E-state index contributed by atoms with van der Waals surface area (Å²) in [5, 5.41) is 2.88. The maximum absolute atomic E-state index is 12.8. The van der Waals surface area contributed by atoms with Gasteiger partial charge in [-0.1, -0.05) is 30.3 Å². The number of carbonyl (C=O) groups excluding carboxylic acids is 2. The van der Waals surface area contributed by atoms with Crippen molar-refractivity contribution in [2.45, 2.75) is 19.9 Å². The van der Waals surface area contributed by atoms with Gasteiger partial charge >= 0.3 is 0 Å². The van der Waals surface area contributed by atoms with Gasteiger partial charge in [0.25, 0.3) is 0 Å². The number of nitrogens with zero attached hydrogens (tertiary/aromatic N) is 1. The van der Waals surface area contributed by atoms with Crippen LogP contribution in [0.15, 0.2) is 48.5 Å². The molecule has 1 aliphatic carbocycles. The van der Waals surface area contributed by atoms with E-state index in [0.717, 1.165) is 5.56 Å². The molecule has 0 spiro atoms. The van der Waals surface area contributed by atoms with E-state index >= 15 is 0 Å². The number of rotatable bonds is 6. The molecule has 4 rings (SSSR count). The molecular formula is C21H22N2O4. The number of benzene rings is 2. The molecule has 0 bridgehead atoms. The third kappa shape index (κ3) is 3.74. The molecule has 0 radical (unpaired) electrons. The molecule has 6 nitrogen and oxygen atoms in total. The van der Waals surface area contributed by atoms with Crippen LogP contribution in [0.1, 0.15) is 18.9 Å². The molecule has 2 atom stereocenters. The van der Waals surface area contributed by atoms with Gasteiger partial charge < -0.3 is 19.7 Å². The number of hydrogen-bond acceptors (Lipinski definition) is 4. The summed E-state index contributed by atoms with van der Waals surface area (Å²) in [7, 11) is 0. The summed E-state index contributed by atoms with van der Waals surface area (Å²) in [6.45, 7) is 3.36. The maximum atomic E-state index is 12.8. The summed E-state index contributed by atoms with van der Waals surface area (Å²) in [5.41, 5.74) is 1.74. The van der Waals surface area contributed by atoms with Crippen LogP contribution < -0.4 is 14.8 Å². The van der Waals surface area contributed by atoms with E-state index in [1.807, 2.05) is 42.2 Å². The summed E-state index contributed by atoms with van der Waals surface area (Å²) >= 11 is 0. The minimum Gasteiger partial charge on any atom is -0.454 e. The highest BCUT2D eigenvalue weighted by atomic mass is 16.7. The van der Waals surface area contributed by atoms with Crippen LogP contribution in [-0.2, 0) is 16.1 Å². The van der Waals surface area contributed by atoms with E-state index in [0.29, 0.717) is 36.7 Å². The van der Waals surface area contributed by atoms with Crippen molar-refractivity contribution in [1.82, 2.24) is 4.90 Å². The van der Waals surface area contributed by atoms with Gasteiger partial charge in [0, 0.05) is 24.8 Å². The Bertz CT molecular complexity index is 853. The number of fused-ring (bicyclic) bond motifs is 1. The molecule has 2 aromatic carbocycles. The highest BCUT2D eigenvalue weighted by molar-refractivity contribution is 5.99. The molecule has 1 heterocycles. The first-order chi connectivity index (χ1) is 13.2. The zero-order valence-corrected chi connectivity index (χ0v) is 15.2. The Hall–Kier alpha value is -3.02. The van der Waals surface area contributed by atoms with Crippen LogP contribution in [0.5, 0.6) is 11.5 Å². The molecule has 2 aliphatic rings. The normalized spacial score (nSPS) is 19.4. The van der Waals surface area contributed by atoms with Crippen molar-refractivity contribution in [2.24, 2.45) is 11.8 Å². The SMILES string of the molecule is CCN(Cc1ccccc1)C(=O)C1CC1C(=O)Nc1ccc2c(c1)OCO2. The molecule has 140 valence electrons. The first kappa shape index (κ1) is 17.4. The lowest BCUT2D eigenvalue weighted by atomic mass is 10.2. The monoisotopic (exact) mass is 366 g/mol. The molecule has 2 amide bonds. The summed E-state index contributed by atoms with van der Waals surface area (Å²) in [4.78, 5) is 27.1. The third-order valence-corrected chi connectivity index (χ3v) is 4.99. The Balaban J connectivity index is 1.35. The topological polar surface area (TPSA) is 67.9 Å². The highest BCUT2D eigenvalue weighted by Crippen LogP contribution is 2.41. The van der Waals surface area contributed by atoms with Crippen molar-refractivity contribution in [1.29, 1.82) is 0 Å². The fraction of sp³-hybridized carbons (Fsp3) is 0.333. The average Bonchev–Trinajstić information content (AvgIpc) is 3.37. The van der Waals surface area contributed by atoms with Gasteiger partial charge in [-0.25, -0.2) is 0 Å². The zero-order chi connectivity index (χ0) is 18.8. The number of nitrogens with one attached hydrogen (secondary N) is 1. The highest BCUT2D eigenvalue weighted by Gasteiger charge is 2.49. The molecule has 6 heteroatoms. The van der Waals surface area contributed by atoms with Crippen molar-refractivity contribution >= 4 is 17.5 Å². The van der Waals surface area contributed by atoms with Gasteiger partial charge in [-0.05, 0) is 31.0 Å². The van der Waals surface area contributed by atoms with Crippen LogP contribution in [0, 0.1) is 11.8 Å². The van der Waals surface area contributed by atoms with Crippen LogP contribution in [0.25, 0.3) is 0 Å². The minimum absolute atomic E-state index is 0.0483. The molecule has 1 N–H and O–H groups in total. The third-order valence-electron chi connectivity index (χ3n) is 4.99. The molecule has 2 aromatic rings. The second-order valence-corrected chi connectivity index (χ2v) is 6.84. The van der Waals surface area contributed by atoms with Crippen molar-refractivity contribution in [3.05, 3.63) is 54.1 Å². The summed E-state index contributed by atoms with van der Waals surface area (Å²) < 4.78 is 10.6. The molecule has 27 heavy (non-hydrogen) atoms. The molecule has 1 saturated carbocycles. The van der Waals surface area contributed by atoms with Crippen LogP contribution in [-0.4, -0.2) is 30.1 Å². The van der Waals surface area contributed by atoms with Gasteiger partial charge in [0.1, 0.15) is 0 Å². The quantitative estimate of drug-likeness (QED) is 0.853. The maximum Gasteiger partial charge on any atom is 0.231 e. The Morgan fingerprint density at radius 2 is 1.85 bits per heavy atom. The molecule has 1 fully saturated rings. The Kier molecular flexibility index (Phi) is 4.71. The lowest BCUT2D eigenvalue weighted by Gasteiger charge is -2.21. The van der Waals surface area contributed by atoms with E-state index in [-0.39, 0.29) is 30.4 Å². The molecule has 1 aliphatic heterocycles. The van der Waals surface area contributed by atoms with Gasteiger partial charge in [-0.15, -0.1) is 0 Å². The van der Waals surface area contributed by atoms with E-state index in [2.05, 4.69) is 5.32 Å². The molecule has 0 saturated heterocycles. The van der Waals surface area contributed by atoms with Gasteiger partial charge in [0.05, 0.1) is 11.8 Å². The predicted octanol–water partition coefficient (Wildman–Crippen LogP) is 3.04. The first-order valence-corrected chi connectivity index (χ1v) is 9.19. The first-order valence-electron chi connectivity index (χ1n) is 9.19. The van der Waals surface area contributed by atoms with Gasteiger partial charge in [-0.2, -0.15) is 0 Å². The largest absolute Gasteiger partial charge is 0.454 e. The van der Waals surface area contributed by atoms with Gasteiger partial charge in [-0.3, -0.25) is 9.59 Å². The van der Waals surface area contributed by atoms with Crippen molar-refractivity contribution in [3.8, 4) is 11.5 Å². The van der Waals surface area contributed by atoms with Crippen molar-refractivity contribution in [3.63, 3.8) is 0 Å². The fourth-order valence-electron chi connectivity index (χ4n) is 3.35. The van der Waals surface area contributed by atoms with Gasteiger partial charge in [0.2, 0.25) is 18.6 Å². The van der Waals surface area contributed by atoms with Crippen molar-refractivity contribution in [2.75, 3.05) is 18.7 Å². The number of ether oxygens (including phenoxy) is 2. The predicted molar refractivity (Wildman–Crippen MR) is 100 cm³/mol. The Morgan fingerprint density at radius 3 is 2.63 bits per heavy atom. The standard InChI is InChI=1S/C21H22N2O4/c1-2-23(12-14-6-4-3-5-7-14)21(25)17-11-16(17)20(24)22-15-8-9-18-19(10-15)27-13-26-18/h3-10,16-17H,2,11-13H2,1H3,(H,22,24). The molecule has 2 unspecified atom stereocenters. The summed E-state index contributed by atoms with van der Waals surface area (Å²) in [6, 6.07) is 15.2. The fourth-order valence-corrected chi connectivity index (χ4v) is 3.35. The van der Waals surface area contributed by atoms with E-state index in [4.69, 9.17) is 9.47 Å². The van der Waals surface area contributed by atoms with Gasteiger partial charge in [0.15, 0.2) is 11.5 Å². The lowest BCUT2D eigenvalue weighted by molar-refractivity contribution is -0.134. The van der Waals surface area contributed by atoms with Crippen LogP contribution >= 0.6 is 0 Å². The zero-order valence-electron chi connectivity index (χ0n) is 15.2. The van der Waals surface area contributed by atoms with E-state index in [1.165, 1.54) is 0 Å². The Morgan fingerprint density at radius 1 is 1.07 bits per heavy atom. The minimum atomic E-state index is -0.271. The second kappa shape index (κ2) is 7.31. The summed E-state index contributed by atoms with van der Waals surface area (Å²) in [5.74, 6) is 0.716. The van der Waals surface area contributed by atoms with E-state index < -0.39 is 0 Å². The molecule has 0 aromatic heterocycles. The Labute approximate surface area is 158 Å². The van der Waals surface area contributed by atoms with Crippen LogP contribution in [0.4, 0.5) is 5.69 Å².